The highest BCUT2D eigenvalue weighted by molar-refractivity contribution is 7.89. The van der Waals surface area contributed by atoms with Gasteiger partial charge in [0, 0.05) is 24.7 Å². The van der Waals surface area contributed by atoms with Gasteiger partial charge in [-0.05, 0) is 43.0 Å². The van der Waals surface area contributed by atoms with Gasteiger partial charge in [0.2, 0.25) is 15.9 Å². The number of pyridine rings is 1. The first kappa shape index (κ1) is 16.5. The van der Waals surface area contributed by atoms with Crippen LogP contribution < -0.4 is 4.74 Å². The van der Waals surface area contributed by atoms with Crippen LogP contribution in [0.1, 0.15) is 25.3 Å². The monoisotopic (exact) mass is 358 g/mol. The van der Waals surface area contributed by atoms with Crippen molar-refractivity contribution in [3.05, 3.63) is 54.2 Å². The molecule has 6 heteroatoms. The van der Waals surface area contributed by atoms with Gasteiger partial charge >= 0.3 is 0 Å². The second-order valence-electron chi connectivity index (χ2n) is 6.73. The summed E-state index contributed by atoms with van der Waals surface area (Å²) in [5, 5.41) is 0. The standard InChI is InChI=1S/C19H22N2O3S/c1-2-14-6-9-16(10-7-14)25(22,23)21-13-15-8-11-17(21)19(15)24-18-5-3-4-12-20-18/h3-7,9-10,12,15,17,19H,2,8,11,13H2,1H3. The van der Waals surface area contributed by atoms with Crippen LogP contribution in [0.5, 0.6) is 5.88 Å². The van der Waals surface area contributed by atoms with E-state index in [1.165, 1.54) is 0 Å². The van der Waals surface area contributed by atoms with Crippen molar-refractivity contribution >= 4 is 10.0 Å². The molecule has 4 rings (SSSR count). The second-order valence-corrected chi connectivity index (χ2v) is 8.62. The lowest BCUT2D eigenvalue weighted by atomic mass is 10.1. The summed E-state index contributed by atoms with van der Waals surface area (Å²) in [7, 11) is -3.49. The summed E-state index contributed by atoms with van der Waals surface area (Å²) in [5.41, 5.74) is 1.14. The Morgan fingerprint density at radius 3 is 2.64 bits per heavy atom. The minimum Gasteiger partial charge on any atom is -0.472 e. The second kappa shape index (κ2) is 6.42. The van der Waals surface area contributed by atoms with Gasteiger partial charge in [0.15, 0.2) is 0 Å². The van der Waals surface area contributed by atoms with Gasteiger partial charge in [0.05, 0.1) is 10.9 Å². The van der Waals surface area contributed by atoms with Crippen LogP contribution in [0, 0.1) is 5.92 Å². The molecule has 3 unspecified atom stereocenters. The Morgan fingerprint density at radius 2 is 1.96 bits per heavy atom. The fraction of sp³-hybridized carbons (Fsp3) is 0.421. The zero-order valence-electron chi connectivity index (χ0n) is 14.2. The predicted molar refractivity (Wildman–Crippen MR) is 94.9 cm³/mol. The number of benzene rings is 1. The number of rotatable bonds is 5. The Kier molecular flexibility index (Phi) is 4.25. The largest absolute Gasteiger partial charge is 0.472 e. The number of ether oxygens (including phenoxy) is 1. The summed E-state index contributed by atoms with van der Waals surface area (Å²) < 4.78 is 33.8. The van der Waals surface area contributed by atoms with E-state index < -0.39 is 10.0 Å². The van der Waals surface area contributed by atoms with Gasteiger partial charge in [-0.15, -0.1) is 0 Å². The molecule has 0 N–H and O–H groups in total. The maximum atomic E-state index is 13.1. The molecule has 1 saturated heterocycles. The smallest absolute Gasteiger partial charge is 0.243 e. The van der Waals surface area contributed by atoms with E-state index in [9.17, 15) is 8.42 Å². The maximum Gasteiger partial charge on any atom is 0.243 e. The van der Waals surface area contributed by atoms with Gasteiger partial charge in [0.25, 0.3) is 0 Å². The fourth-order valence-corrected chi connectivity index (χ4v) is 5.66. The maximum absolute atomic E-state index is 13.1. The SMILES string of the molecule is CCc1ccc(S(=O)(=O)N2CC3CCC2C3Oc2ccccn2)cc1. The van der Waals surface area contributed by atoms with Gasteiger partial charge in [-0.1, -0.05) is 25.1 Å². The van der Waals surface area contributed by atoms with Gasteiger partial charge < -0.3 is 4.74 Å². The van der Waals surface area contributed by atoms with Gasteiger partial charge in [-0.25, -0.2) is 13.4 Å². The van der Waals surface area contributed by atoms with Crippen molar-refractivity contribution < 1.29 is 13.2 Å². The molecule has 5 nitrogen and oxygen atoms in total. The minimum absolute atomic E-state index is 0.108. The molecule has 1 aromatic heterocycles. The van der Waals surface area contributed by atoms with E-state index in [1.54, 1.807) is 22.6 Å². The van der Waals surface area contributed by atoms with Gasteiger partial charge in [0.1, 0.15) is 6.10 Å². The van der Waals surface area contributed by atoms with Crippen LogP contribution in [0.4, 0.5) is 0 Å². The molecule has 2 aromatic rings. The topological polar surface area (TPSA) is 59.5 Å². The Morgan fingerprint density at radius 1 is 1.16 bits per heavy atom. The van der Waals surface area contributed by atoms with E-state index in [0.29, 0.717) is 17.3 Å². The van der Waals surface area contributed by atoms with E-state index >= 15 is 0 Å². The normalized spacial score (nSPS) is 26.0. The van der Waals surface area contributed by atoms with E-state index in [2.05, 4.69) is 11.9 Å². The first-order valence-electron chi connectivity index (χ1n) is 8.78. The van der Waals surface area contributed by atoms with Gasteiger partial charge in [-0.2, -0.15) is 4.31 Å². The zero-order chi connectivity index (χ0) is 17.4. The molecule has 0 radical (unpaired) electrons. The Hall–Kier alpha value is -1.92. The molecule has 1 saturated carbocycles. The number of piperidine rings is 1. The van der Waals surface area contributed by atoms with Crippen molar-refractivity contribution in [3.63, 3.8) is 0 Å². The van der Waals surface area contributed by atoms with Crippen molar-refractivity contribution in [2.24, 2.45) is 5.92 Å². The van der Waals surface area contributed by atoms with E-state index in [0.717, 1.165) is 24.8 Å². The number of sulfonamides is 1. The summed E-state index contributed by atoms with van der Waals surface area (Å²) in [6, 6.07) is 12.6. The van der Waals surface area contributed by atoms with Crippen molar-refractivity contribution in [2.45, 2.75) is 43.2 Å². The summed E-state index contributed by atoms with van der Waals surface area (Å²) in [5.74, 6) is 0.799. The van der Waals surface area contributed by atoms with Crippen LogP contribution in [0.2, 0.25) is 0 Å². The van der Waals surface area contributed by atoms with Crippen molar-refractivity contribution in [1.82, 2.24) is 9.29 Å². The summed E-state index contributed by atoms with van der Waals surface area (Å²) >= 11 is 0. The minimum atomic E-state index is -3.49. The molecule has 2 aliphatic rings. The van der Waals surface area contributed by atoms with E-state index in [4.69, 9.17) is 4.74 Å². The first-order valence-corrected chi connectivity index (χ1v) is 10.2. The molecule has 1 aromatic carbocycles. The highest BCUT2D eigenvalue weighted by Gasteiger charge is 2.53. The lowest BCUT2D eigenvalue weighted by Crippen LogP contribution is -2.40. The molecule has 1 aliphatic carbocycles. The number of hydrogen-bond acceptors (Lipinski definition) is 4. The van der Waals surface area contributed by atoms with E-state index in [-0.39, 0.29) is 18.1 Å². The third-order valence-corrected chi connectivity index (χ3v) is 7.20. The number of aromatic nitrogens is 1. The first-order chi connectivity index (χ1) is 12.1. The fourth-order valence-electron chi connectivity index (χ4n) is 3.94. The van der Waals surface area contributed by atoms with Crippen LogP contribution >= 0.6 is 0 Å². The average Bonchev–Trinajstić information content (AvgIpc) is 3.20. The van der Waals surface area contributed by atoms with E-state index in [1.807, 2.05) is 30.3 Å². The highest BCUT2D eigenvalue weighted by atomic mass is 32.2. The molecular formula is C19H22N2O3S. The molecular weight excluding hydrogens is 336 g/mol. The molecule has 25 heavy (non-hydrogen) atoms. The van der Waals surface area contributed by atoms with Crippen molar-refractivity contribution in [3.8, 4) is 5.88 Å². The molecule has 2 bridgehead atoms. The predicted octanol–water partition coefficient (Wildman–Crippen LogP) is 2.87. The highest BCUT2D eigenvalue weighted by Crippen LogP contribution is 2.42. The average molecular weight is 358 g/mol. The third-order valence-electron chi connectivity index (χ3n) is 5.29. The lowest BCUT2D eigenvalue weighted by Gasteiger charge is -2.26. The van der Waals surface area contributed by atoms with Crippen LogP contribution in [0.25, 0.3) is 0 Å². The third kappa shape index (κ3) is 2.93. The quantitative estimate of drug-likeness (QED) is 0.825. The van der Waals surface area contributed by atoms with Gasteiger partial charge in [-0.3, -0.25) is 0 Å². The Bertz CT molecular complexity index is 837. The number of nitrogens with zero attached hydrogens (tertiary/aromatic N) is 2. The number of hydrogen-bond donors (Lipinski definition) is 0. The Balaban J connectivity index is 1.57. The van der Waals surface area contributed by atoms with Crippen molar-refractivity contribution in [2.75, 3.05) is 6.54 Å². The lowest BCUT2D eigenvalue weighted by molar-refractivity contribution is 0.161. The van der Waals surface area contributed by atoms with Crippen LogP contribution in [-0.2, 0) is 16.4 Å². The Labute approximate surface area is 148 Å². The number of fused-ring (bicyclic) bond motifs is 2. The number of aryl methyl sites for hydroxylation is 1. The molecule has 0 amide bonds. The molecule has 0 spiro atoms. The van der Waals surface area contributed by atoms with Crippen LogP contribution in [0.15, 0.2) is 53.6 Å². The summed E-state index contributed by atoms with van der Waals surface area (Å²) in [4.78, 5) is 4.58. The molecule has 132 valence electrons. The summed E-state index contributed by atoms with van der Waals surface area (Å²) in [6.07, 6.45) is 4.32. The molecule has 2 fully saturated rings. The van der Waals surface area contributed by atoms with Crippen LogP contribution in [0.3, 0.4) is 0 Å². The van der Waals surface area contributed by atoms with Crippen molar-refractivity contribution in [1.29, 1.82) is 0 Å². The molecule has 2 heterocycles. The molecule has 1 aliphatic heterocycles. The molecule has 3 atom stereocenters. The van der Waals surface area contributed by atoms with Crippen LogP contribution in [-0.4, -0.2) is 36.4 Å². The summed E-state index contributed by atoms with van der Waals surface area (Å²) in [6.45, 7) is 2.59. The zero-order valence-corrected chi connectivity index (χ0v) is 15.0.